The molecule has 5 aromatic carbocycles. The zero-order chi connectivity index (χ0) is 36.8. The number of ether oxygens (including phenoxy) is 1. The third-order valence-electron chi connectivity index (χ3n) is 9.17. The number of urea groups is 1. The number of nitrogens with zero attached hydrogens (tertiary/aromatic N) is 1. The minimum Gasteiger partial charge on any atom is -0.479 e. The number of aliphatic carboxylic acids is 1. The summed E-state index contributed by atoms with van der Waals surface area (Å²) >= 11 is 0. The van der Waals surface area contributed by atoms with Crippen molar-refractivity contribution >= 4 is 18.0 Å². The van der Waals surface area contributed by atoms with Gasteiger partial charge >= 0.3 is 18.0 Å². The fourth-order valence-electron chi connectivity index (χ4n) is 6.44. The van der Waals surface area contributed by atoms with Crippen LogP contribution in [0.4, 0.5) is 4.79 Å². The largest absolute Gasteiger partial charge is 0.479 e. The zero-order valence-corrected chi connectivity index (χ0v) is 30.0. The van der Waals surface area contributed by atoms with Gasteiger partial charge in [-0.15, -0.1) is 0 Å². The number of rotatable bonds is 17. The van der Waals surface area contributed by atoms with E-state index in [9.17, 15) is 19.5 Å². The number of hydrogen-bond donors (Lipinski definition) is 2. The average molecular weight is 697 g/mol. The second-order valence-corrected chi connectivity index (χ2v) is 13.8. The normalized spacial score (nSPS) is 12.8. The van der Waals surface area contributed by atoms with Crippen LogP contribution in [0.15, 0.2) is 146 Å². The fourth-order valence-corrected chi connectivity index (χ4v) is 6.44. The summed E-state index contributed by atoms with van der Waals surface area (Å²) in [5, 5.41) is 13.9. The number of carbonyl (C=O) groups excluding carboxylic acids is 2. The first-order valence-corrected chi connectivity index (χ1v) is 17.9. The van der Waals surface area contributed by atoms with Gasteiger partial charge in [0, 0.05) is 25.9 Å². The lowest BCUT2D eigenvalue weighted by molar-refractivity contribution is -0.151. The lowest BCUT2D eigenvalue weighted by Gasteiger charge is -2.35. The number of carboxylic acid groups (broad SMARTS) is 1. The average Bonchev–Trinajstić information content (AvgIpc) is 3.16. The van der Waals surface area contributed by atoms with Crippen molar-refractivity contribution in [2.45, 2.75) is 51.7 Å². The number of amides is 2. The quantitative estimate of drug-likeness (QED) is 0.0950. The van der Waals surface area contributed by atoms with Gasteiger partial charge in [-0.1, -0.05) is 159 Å². The van der Waals surface area contributed by atoms with Crippen LogP contribution in [0.1, 0.15) is 42.5 Å². The van der Waals surface area contributed by atoms with E-state index in [0.717, 1.165) is 33.4 Å². The van der Waals surface area contributed by atoms with E-state index in [4.69, 9.17) is 4.74 Å². The summed E-state index contributed by atoms with van der Waals surface area (Å²) < 4.78 is 5.81. The molecule has 2 atom stereocenters. The van der Waals surface area contributed by atoms with Gasteiger partial charge in [-0.05, 0) is 52.1 Å². The van der Waals surface area contributed by atoms with Crippen molar-refractivity contribution in [1.29, 1.82) is 0 Å². The molecule has 5 aromatic rings. The van der Waals surface area contributed by atoms with Crippen molar-refractivity contribution < 1.29 is 24.2 Å². The van der Waals surface area contributed by atoms with Crippen LogP contribution in [-0.4, -0.2) is 46.6 Å². The van der Waals surface area contributed by atoms with Gasteiger partial charge in [0.2, 0.25) is 0 Å². The van der Waals surface area contributed by atoms with E-state index in [2.05, 4.69) is 5.32 Å². The molecule has 7 heteroatoms. The standard InChI is InChI=1S/C45H48N2O5/c1-34(2)31-47(32-41(28-23-35-15-7-3-8-16-35)42(48)52-33-38-19-11-5-12-20-38)44(51)46-45(43(49)50,29-36-17-9-4-10-18-36)30-37-24-26-40(27-25-37)39-21-13-6-14-22-39/h3-22,24-27,34,41H,23,28-33H2,1-2H3,(H,46,51)(H,49,50)/t41?,45-/m0/s1. The molecule has 2 N–H and O–H groups in total. The Kier molecular flexibility index (Phi) is 13.4. The number of aryl methyl sites for hydroxylation is 1. The highest BCUT2D eigenvalue weighted by atomic mass is 16.5. The molecule has 0 aromatic heterocycles. The third kappa shape index (κ3) is 10.9. The van der Waals surface area contributed by atoms with E-state index < -0.39 is 29.4 Å². The van der Waals surface area contributed by atoms with Gasteiger partial charge in [-0.2, -0.15) is 0 Å². The molecule has 0 heterocycles. The van der Waals surface area contributed by atoms with Crippen molar-refractivity contribution in [3.05, 3.63) is 168 Å². The Morgan fingerprint density at radius 1 is 0.635 bits per heavy atom. The molecule has 5 rings (SSSR count). The Bertz CT molecular complexity index is 1850. The Labute approximate surface area is 307 Å². The molecule has 0 aliphatic rings. The molecular weight excluding hydrogens is 649 g/mol. The number of carbonyl (C=O) groups is 3. The van der Waals surface area contributed by atoms with E-state index in [1.54, 1.807) is 4.90 Å². The van der Waals surface area contributed by atoms with Crippen molar-refractivity contribution in [1.82, 2.24) is 10.2 Å². The van der Waals surface area contributed by atoms with Gasteiger partial charge in [0.15, 0.2) is 0 Å². The van der Waals surface area contributed by atoms with Gasteiger partial charge < -0.3 is 20.1 Å². The first-order valence-electron chi connectivity index (χ1n) is 17.9. The number of carboxylic acids is 1. The summed E-state index contributed by atoms with van der Waals surface area (Å²) in [7, 11) is 0. The number of esters is 1. The van der Waals surface area contributed by atoms with Crippen LogP contribution in [0.5, 0.6) is 0 Å². The highest BCUT2D eigenvalue weighted by Crippen LogP contribution is 2.25. The molecule has 0 bridgehead atoms. The number of nitrogens with one attached hydrogen (secondary N) is 1. The summed E-state index contributed by atoms with van der Waals surface area (Å²) in [6, 6.07) is 46.0. The molecule has 0 aliphatic carbocycles. The van der Waals surface area contributed by atoms with E-state index >= 15 is 0 Å². The molecular formula is C45H48N2O5. The maximum Gasteiger partial charge on any atom is 0.330 e. The second kappa shape index (κ2) is 18.5. The smallest absolute Gasteiger partial charge is 0.330 e. The van der Waals surface area contributed by atoms with Crippen LogP contribution in [0, 0.1) is 11.8 Å². The van der Waals surface area contributed by atoms with Gasteiger partial charge in [0.25, 0.3) is 0 Å². The Hall–Kier alpha value is -5.69. The van der Waals surface area contributed by atoms with Gasteiger partial charge in [-0.3, -0.25) is 4.79 Å². The Morgan fingerprint density at radius 2 is 1.12 bits per heavy atom. The zero-order valence-electron chi connectivity index (χ0n) is 30.0. The minimum absolute atomic E-state index is 0.0553. The number of benzene rings is 5. The van der Waals surface area contributed by atoms with Crippen LogP contribution in [-0.2, 0) is 40.2 Å². The van der Waals surface area contributed by atoms with Crippen LogP contribution >= 0.6 is 0 Å². The molecule has 0 fully saturated rings. The highest BCUT2D eigenvalue weighted by Gasteiger charge is 2.42. The summed E-state index contributed by atoms with van der Waals surface area (Å²) in [5.41, 5.74) is 3.92. The van der Waals surface area contributed by atoms with Crippen molar-refractivity contribution in [3.63, 3.8) is 0 Å². The lowest BCUT2D eigenvalue weighted by atomic mass is 9.84. The summed E-state index contributed by atoms with van der Waals surface area (Å²) in [4.78, 5) is 43.1. The molecule has 7 nitrogen and oxygen atoms in total. The second-order valence-electron chi connectivity index (χ2n) is 13.8. The Balaban J connectivity index is 1.42. The molecule has 0 saturated carbocycles. The maximum absolute atomic E-state index is 14.4. The molecule has 1 unspecified atom stereocenters. The first-order chi connectivity index (χ1) is 25.2. The van der Waals surface area contributed by atoms with E-state index in [1.165, 1.54) is 0 Å². The van der Waals surface area contributed by atoms with E-state index in [1.807, 2.05) is 159 Å². The van der Waals surface area contributed by atoms with Gasteiger partial charge in [-0.25, -0.2) is 9.59 Å². The third-order valence-corrected chi connectivity index (χ3v) is 9.17. The highest BCUT2D eigenvalue weighted by molar-refractivity contribution is 5.87. The van der Waals surface area contributed by atoms with Gasteiger partial charge in [0.1, 0.15) is 12.1 Å². The van der Waals surface area contributed by atoms with E-state index in [-0.39, 0.29) is 31.9 Å². The maximum atomic E-state index is 14.4. The summed E-state index contributed by atoms with van der Waals surface area (Å²) in [5.74, 6) is -2.11. The topological polar surface area (TPSA) is 95.9 Å². The molecule has 0 saturated heterocycles. The minimum atomic E-state index is -1.67. The number of hydrogen-bond acceptors (Lipinski definition) is 4. The lowest BCUT2D eigenvalue weighted by Crippen LogP contribution is -2.61. The molecule has 52 heavy (non-hydrogen) atoms. The van der Waals surface area contributed by atoms with Crippen LogP contribution in [0.3, 0.4) is 0 Å². The predicted molar refractivity (Wildman–Crippen MR) is 206 cm³/mol. The molecule has 0 radical (unpaired) electrons. The van der Waals surface area contributed by atoms with Crippen LogP contribution in [0.2, 0.25) is 0 Å². The molecule has 0 spiro atoms. The van der Waals surface area contributed by atoms with Crippen LogP contribution < -0.4 is 5.32 Å². The Morgan fingerprint density at radius 3 is 1.65 bits per heavy atom. The first kappa shape index (κ1) is 37.6. The predicted octanol–water partition coefficient (Wildman–Crippen LogP) is 8.62. The fraction of sp³-hybridized carbons (Fsp3) is 0.267. The summed E-state index contributed by atoms with van der Waals surface area (Å²) in [6.45, 7) is 4.52. The molecule has 268 valence electrons. The SMILES string of the molecule is CC(C)CN(CC(CCc1ccccc1)C(=O)OCc1ccccc1)C(=O)N[C@@](Cc1ccccc1)(Cc1ccc(-c2ccccc2)cc1)C(=O)O. The molecule has 0 aliphatic heterocycles. The van der Waals surface area contributed by atoms with Crippen molar-refractivity contribution in [3.8, 4) is 11.1 Å². The van der Waals surface area contributed by atoms with Crippen molar-refractivity contribution in [2.75, 3.05) is 13.1 Å². The summed E-state index contributed by atoms with van der Waals surface area (Å²) in [6.07, 6.45) is 1.21. The van der Waals surface area contributed by atoms with Crippen LogP contribution in [0.25, 0.3) is 11.1 Å². The van der Waals surface area contributed by atoms with Crippen molar-refractivity contribution in [2.24, 2.45) is 11.8 Å². The molecule has 2 amide bonds. The van der Waals surface area contributed by atoms with Gasteiger partial charge in [0.05, 0.1) is 5.92 Å². The monoisotopic (exact) mass is 696 g/mol. The van der Waals surface area contributed by atoms with E-state index in [0.29, 0.717) is 19.4 Å².